The summed E-state index contributed by atoms with van der Waals surface area (Å²) in [6.07, 6.45) is 1.27. The van der Waals surface area contributed by atoms with Crippen LogP contribution in [0.2, 0.25) is 0 Å². The van der Waals surface area contributed by atoms with Gasteiger partial charge in [-0.3, -0.25) is 4.79 Å². The van der Waals surface area contributed by atoms with Gasteiger partial charge in [-0.15, -0.1) is 0 Å². The van der Waals surface area contributed by atoms with Crippen LogP contribution in [0.3, 0.4) is 0 Å². The number of nitrogens with one attached hydrogen (secondary N) is 2. The Bertz CT molecular complexity index is 686. The SMILES string of the molecule is O=C(CCNS(=O)(=O)c1ccccc1)NC(C(=O)O)C1CCCOC1. The molecule has 1 fully saturated rings. The number of carboxylic acids is 1. The van der Waals surface area contributed by atoms with Crippen LogP contribution in [0.15, 0.2) is 35.2 Å². The molecule has 1 heterocycles. The van der Waals surface area contributed by atoms with Gasteiger partial charge in [0.2, 0.25) is 15.9 Å². The standard InChI is InChI=1S/C16H22N2O6S/c19-14(18-15(16(20)21)12-5-4-10-24-11-12)8-9-17-25(22,23)13-6-2-1-3-7-13/h1-3,6-7,12,15,17H,4-5,8-11H2,(H,18,19)(H,20,21). The van der Waals surface area contributed by atoms with E-state index in [-0.39, 0.29) is 30.4 Å². The molecular formula is C16H22N2O6S. The number of hydrogen-bond donors (Lipinski definition) is 3. The molecule has 1 aliphatic rings. The normalized spacial score (nSPS) is 19.1. The van der Waals surface area contributed by atoms with Crippen LogP contribution in [-0.4, -0.2) is 51.2 Å². The Morgan fingerprint density at radius 2 is 2.00 bits per heavy atom. The Morgan fingerprint density at radius 3 is 2.60 bits per heavy atom. The number of benzene rings is 1. The first-order valence-electron chi connectivity index (χ1n) is 8.05. The first-order valence-corrected chi connectivity index (χ1v) is 9.53. The topological polar surface area (TPSA) is 122 Å². The van der Waals surface area contributed by atoms with Gasteiger partial charge in [-0.1, -0.05) is 18.2 Å². The lowest BCUT2D eigenvalue weighted by atomic mass is 9.93. The Morgan fingerprint density at radius 1 is 1.28 bits per heavy atom. The molecule has 3 N–H and O–H groups in total. The van der Waals surface area contributed by atoms with Gasteiger partial charge in [0.1, 0.15) is 6.04 Å². The summed E-state index contributed by atoms with van der Waals surface area (Å²) >= 11 is 0. The van der Waals surface area contributed by atoms with Gasteiger partial charge in [0.05, 0.1) is 11.5 Å². The van der Waals surface area contributed by atoms with Crippen molar-refractivity contribution in [2.45, 2.75) is 30.2 Å². The summed E-state index contributed by atoms with van der Waals surface area (Å²) in [5.74, 6) is -1.92. The van der Waals surface area contributed by atoms with Gasteiger partial charge in [0.15, 0.2) is 0 Å². The molecular weight excluding hydrogens is 348 g/mol. The molecule has 0 bridgehead atoms. The molecule has 0 radical (unpaired) electrons. The molecule has 9 heteroatoms. The van der Waals surface area contributed by atoms with Crippen molar-refractivity contribution in [3.63, 3.8) is 0 Å². The molecule has 2 atom stereocenters. The highest BCUT2D eigenvalue weighted by Gasteiger charge is 2.31. The third kappa shape index (κ3) is 5.80. The zero-order valence-electron chi connectivity index (χ0n) is 13.7. The minimum atomic E-state index is -3.69. The van der Waals surface area contributed by atoms with Gasteiger partial charge in [0.25, 0.3) is 0 Å². The third-order valence-electron chi connectivity index (χ3n) is 3.95. The second kappa shape index (κ2) is 8.93. The number of carboxylic acid groups (broad SMARTS) is 1. The number of amides is 1. The van der Waals surface area contributed by atoms with Crippen molar-refractivity contribution < 1.29 is 27.9 Å². The molecule has 25 heavy (non-hydrogen) atoms. The number of sulfonamides is 1. The molecule has 2 unspecified atom stereocenters. The van der Waals surface area contributed by atoms with E-state index in [1.165, 1.54) is 12.1 Å². The van der Waals surface area contributed by atoms with Gasteiger partial charge in [-0.25, -0.2) is 17.9 Å². The van der Waals surface area contributed by atoms with Crippen LogP contribution in [0.1, 0.15) is 19.3 Å². The minimum absolute atomic E-state index is 0.109. The van der Waals surface area contributed by atoms with Crippen LogP contribution in [0.4, 0.5) is 0 Å². The van der Waals surface area contributed by atoms with Crippen molar-refractivity contribution in [2.24, 2.45) is 5.92 Å². The van der Waals surface area contributed by atoms with Crippen LogP contribution < -0.4 is 10.0 Å². The van der Waals surface area contributed by atoms with Crippen LogP contribution in [0.5, 0.6) is 0 Å². The van der Waals surface area contributed by atoms with E-state index in [0.717, 1.165) is 6.42 Å². The zero-order valence-corrected chi connectivity index (χ0v) is 14.5. The van der Waals surface area contributed by atoms with Gasteiger partial charge in [0, 0.05) is 25.5 Å². The van der Waals surface area contributed by atoms with Gasteiger partial charge < -0.3 is 15.2 Å². The first-order chi connectivity index (χ1) is 11.9. The molecule has 1 aromatic rings. The number of hydrogen-bond acceptors (Lipinski definition) is 5. The molecule has 8 nitrogen and oxygen atoms in total. The maximum atomic E-state index is 12.0. The number of carbonyl (C=O) groups excluding carboxylic acids is 1. The van der Waals surface area contributed by atoms with E-state index in [2.05, 4.69) is 10.0 Å². The monoisotopic (exact) mass is 370 g/mol. The molecule has 1 aromatic carbocycles. The molecule has 0 spiro atoms. The Balaban J connectivity index is 1.84. The number of carbonyl (C=O) groups is 2. The van der Waals surface area contributed by atoms with E-state index in [9.17, 15) is 23.1 Å². The first kappa shape index (κ1) is 19.4. The fourth-order valence-corrected chi connectivity index (χ4v) is 3.69. The molecule has 138 valence electrons. The molecule has 0 saturated carbocycles. The van der Waals surface area contributed by atoms with E-state index in [0.29, 0.717) is 13.0 Å². The second-order valence-corrected chi connectivity index (χ2v) is 7.59. The Labute approximate surface area is 146 Å². The van der Waals surface area contributed by atoms with Crippen molar-refractivity contribution in [2.75, 3.05) is 19.8 Å². The van der Waals surface area contributed by atoms with Crippen molar-refractivity contribution in [3.8, 4) is 0 Å². The minimum Gasteiger partial charge on any atom is -0.480 e. The summed E-state index contributed by atoms with van der Waals surface area (Å²) in [7, 11) is -3.69. The zero-order chi connectivity index (χ0) is 18.3. The summed E-state index contributed by atoms with van der Waals surface area (Å²) in [5, 5.41) is 11.8. The predicted octanol–water partition coefficient (Wildman–Crippen LogP) is 0.351. The summed E-state index contributed by atoms with van der Waals surface area (Å²) < 4.78 is 31.7. The average molecular weight is 370 g/mol. The fourth-order valence-electron chi connectivity index (χ4n) is 2.64. The largest absolute Gasteiger partial charge is 0.480 e. The summed E-state index contributed by atoms with van der Waals surface area (Å²) in [6.45, 7) is 0.770. The summed E-state index contributed by atoms with van der Waals surface area (Å²) in [6, 6.07) is 6.78. The molecule has 1 aliphatic heterocycles. The lowest BCUT2D eigenvalue weighted by Gasteiger charge is -2.28. The van der Waals surface area contributed by atoms with Crippen LogP contribution >= 0.6 is 0 Å². The number of aliphatic carboxylic acids is 1. The van der Waals surface area contributed by atoms with E-state index < -0.39 is 27.9 Å². The number of ether oxygens (including phenoxy) is 1. The highest BCUT2D eigenvalue weighted by Crippen LogP contribution is 2.18. The van der Waals surface area contributed by atoms with Crippen LogP contribution in [-0.2, 0) is 24.3 Å². The van der Waals surface area contributed by atoms with Crippen LogP contribution in [0.25, 0.3) is 0 Å². The number of rotatable bonds is 8. The van der Waals surface area contributed by atoms with E-state index in [1.807, 2.05) is 0 Å². The quantitative estimate of drug-likeness (QED) is 0.607. The van der Waals surface area contributed by atoms with E-state index in [4.69, 9.17) is 4.74 Å². The molecule has 2 rings (SSSR count). The molecule has 1 amide bonds. The maximum Gasteiger partial charge on any atom is 0.326 e. The Kier molecular flexibility index (Phi) is 6.91. The fraction of sp³-hybridized carbons (Fsp3) is 0.500. The maximum absolute atomic E-state index is 12.0. The van der Waals surface area contributed by atoms with Crippen molar-refractivity contribution in [3.05, 3.63) is 30.3 Å². The summed E-state index contributed by atoms with van der Waals surface area (Å²) in [5.41, 5.74) is 0. The second-order valence-electron chi connectivity index (χ2n) is 5.82. The van der Waals surface area contributed by atoms with Gasteiger partial charge >= 0.3 is 5.97 Å². The Hall–Kier alpha value is -1.97. The third-order valence-corrected chi connectivity index (χ3v) is 5.42. The van der Waals surface area contributed by atoms with E-state index in [1.54, 1.807) is 18.2 Å². The van der Waals surface area contributed by atoms with Crippen molar-refractivity contribution in [1.82, 2.24) is 10.0 Å². The van der Waals surface area contributed by atoms with Gasteiger partial charge in [-0.05, 0) is 25.0 Å². The molecule has 1 saturated heterocycles. The van der Waals surface area contributed by atoms with Crippen molar-refractivity contribution in [1.29, 1.82) is 0 Å². The van der Waals surface area contributed by atoms with Crippen LogP contribution in [0, 0.1) is 5.92 Å². The highest BCUT2D eigenvalue weighted by molar-refractivity contribution is 7.89. The smallest absolute Gasteiger partial charge is 0.326 e. The lowest BCUT2D eigenvalue weighted by Crippen LogP contribution is -2.48. The summed E-state index contributed by atoms with van der Waals surface area (Å²) in [4.78, 5) is 23.5. The predicted molar refractivity (Wildman–Crippen MR) is 89.4 cm³/mol. The molecule has 0 aromatic heterocycles. The highest BCUT2D eigenvalue weighted by atomic mass is 32.2. The molecule has 0 aliphatic carbocycles. The average Bonchev–Trinajstić information content (AvgIpc) is 2.61. The van der Waals surface area contributed by atoms with Gasteiger partial charge in [-0.2, -0.15) is 0 Å². The lowest BCUT2D eigenvalue weighted by molar-refractivity contribution is -0.145. The van der Waals surface area contributed by atoms with E-state index >= 15 is 0 Å². The van der Waals surface area contributed by atoms with Crippen molar-refractivity contribution >= 4 is 21.9 Å².